The number of aromatic nitrogens is 2. The summed E-state index contributed by atoms with van der Waals surface area (Å²) < 4.78 is 1.79. The molecule has 1 aromatic rings. The first-order chi connectivity index (χ1) is 8.26. The highest BCUT2D eigenvalue weighted by molar-refractivity contribution is 5.94. The first kappa shape index (κ1) is 15.0. The number of likely N-dealkylation sites (tertiary alicyclic amines) is 1. The van der Waals surface area contributed by atoms with Gasteiger partial charge in [0.25, 0.3) is 5.91 Å². The van der Waals surface area contributed by atoms with Crippen molar-refractivity contribution in [1.29, 1.82) is 0 Å². The van der Waals surface area contributed by atoms with Crippen molar-refractivity contribution in [3.05, 3.63) is 18.0 Å². The van der Waals surface area contributed by atoms with E-state index in [-0.39, 0.29) is 18.3 Å². The van der Waals surface area contributed by atoms with E-state index in [0.717, 1.165) is 32.5 Å². The molecule has 102 valence electrons. The third kappa shape index (κ3) is 3.03. The van der Waals surface area contributed by atoms with E-state index in [2.05, 4.69) is 10.4 Å². The molecule has 0 spiro atoms. The Morgan fingerprint density at radius 2 is 2.39 bits per heavy atom. The van der Waals surface area contributed by atoms with Crippen LogP contribution >= 0.6 is 12.4 Å². The van der Waals surface area contributed by atoms with E-state index in [1.807, 2.05) is 25.1 Å². The molecule has 0 saturated carbocycles. The molecule has 0 bridgehead atoms. The maximum absolute atomic E-state index is 12.3. The van der Waals surface area contributed by atoms with Crippen LogP contribution in [-0.2, 0) is 6.54 Å². The highest BCUT2D eigenvalue weighted by Crippen LogP contribution is 2.19. The topological polar surface area (TPSA) is 50.2 Å². The van der Waals surface area contributed by atoms with E-state index in [1.54, 1.807) is 10.9 Å². The van der Waals surface area contributed by atoms with E-state index in [4.69, 9.17) is 0 Å². The number of nitrogens with one attached hydrogen (secondary N) is 1. The summed E-state index contributed by atoms with van der Waals surface area (Å²) in [7, 11) is 1.93. The van der Waals surface area contributed by atoms with Crippen LogP contribution in [-0.4, -0.2) is 46.8 Å². The molecule has 18 heavy (non-hydrogen) atoms. The number of aryl methyl sites for hydroxylation is 1. The molecule has 1 N–H and O–H groups in total. The Hall–Kier alpha value is -1.07. The molecule has 1 atom stereocenters. The lowest BCUT2D eigenvalue weighted by Gasteiger charge is -2.23. The number of carbonyl (C=O) groups excluding carboxylic acids is 1. The van der Waals surface area contributed by atoms with Crippen LogP contribution in [0.25, 0.3) is 0 Å². The lowest BCUT2D eigenvalue weighted by molar-refractivity contribution is 0.0737. The van der Waals surface area contributed by atoms with Gasteiger partial charge in [-0.15, -0.1) is 12.4 Å². The van der Waals surface area contributed by atoms with Crippen molar-refractivity contribution in [1.82, 2.24) is 20.0 Å². The van der Waals surface area contributed by atoms with Crippen LogP contribution in [0, 0.1) is 0 Å². The number of nitrogens with zero attached hydrogens (tertiary/aromatic N) is 3. The Kier molecular flexibility index (Phi) is 5.62. The maximum Gasteiger partial charge on any atom is 0.257 e. The van der Waals surface area contributed by atoms with Gasteiger partial charge in [-0.25, -0.2) is 0 Å². The SMILES string of the molecule is CCn1cc(C(=O)N2CCCC2CNC)cn1.Cl. The molecule has 1 amide bonds. The maximum atomic E-state index is 12.3. The fourth-order valence-electron chi connectivity index (χ4n) is 2.36. The second kappa shape index (κ2) is 6.75. The minimum absolute atomic E-state index is 0. The molecular formula is C12H21ClN4O. The van der Waals surface area contributed by atoms with Crippen molar-refractivity contribution in [3.8, 4) is 0 Å². The Labute approximate surface area is 114 Å². The fraction of sp³-hybridized carbons (Fsp3) is 0.667. The second-order valence-electron chi connectivity index (χ2n) is 4.44. The smallest absolute Gasteiger partial charge is 0.257 e. The van der Waals surface area contributed by atoms with Crippen LogP contribution in [0.2, 0.25) is 0 Å². The average molecular weight is 273 g/mol. The average Bonchev–Trinajstić information content (AvgIpc) is 2.97. The third-order valence-corrected chi connectivity index (χ3v) is 3.28. The van der Waals surface area contributed by atoms with Crippen LogP contribution in [0.15, 0.2) is 12.4 Å². The summed E-state index contributed by atoms with van der Waals surface area (Å²) in [6.07, 6.45) is 5.69. The zero-order chi connectivity index (χ0) is 12.3. The van der Waals surface area contributed by atoms with Crippen molar-refractivity contribution in [2.75, 3.05) is 20.1 Å². The molecule has 1 unspecified atom stereocenters. The number of hydrogen-bond acceptors (Lipinski definition) is 3. The van der Waals surface area contributed by atoms with Crippen molar-refractivity contribution in [2.24, 2.45) is 0 Å². The minimum Gasteiger partial charge on any atom is -0.334 e. The lowest BCUT2D eigenvalue weighted by atomic mass is 10.2. The normalized spacial score (nSPS) is 18.8. The first-order valence-electron chi connectivity index (χ1n) is 6.24. The van der Waals surface area contributed by atoms with Crippen molar-refractivity contribution >= 4 is 18.3 Å². The van der Waals surface area contributed by atoms with Gasteiger partial charge in [0.2, 0.25) is 0 Å². The van der Waals surface area contributed by atoms with Crippen LogP contribution in [0.3, 0.4) is 0 Å². The summed E-state index contributed by atoms with van der Waals surface area (Å²) in [4.78, 5) is 14.3. The molecule has 0 radical (unpaired) electrons. The second-order valence-corrected chi connectivity index (χ2v) is 4.44. The Balaban J connectivity index is 0.00000162. The molecule has 2 rings (SSSR count). The van der Waals surface area contributed by atoms with Crippen molar-refractivity contribution < 1.29 is 4.79 Å². The van der Waals surface area contributed by atoms with Gasteiger partial charge in [-0.3, -0.25) is 9.48 Å². The summed E-state index contributed by atoms with van der Waals surface area (Å²) in [5, 5.41) is 7.30. The number of hydrogen-bond donors (Lipinski definition) is 1. The number of carbonyl (C=O) groups is 1. The predicted octanol–water partition coefficient (Wildman–Crippen LogP) is 1.15. The van der Waals surface area contributed by atoms with Gasteiger partial charge in [-0.2, -0.15) is 5.10 Å². The summed E-state index contributed by atoms with van der Waals surface area (Å²) in [5.74, 6) is 0.113. The van der Waals surface area contributed by atoms with Gasteiger partial charge in [0, 0.05) is 31.9 Å². The number of likely N-dealkylation sites (N-methyl/N-ethyl adjacent to an activating group) is 1. The molecule has 5 nitrogen and oxygen atoms in total. The van der Waals surface area contributed by atoms with Crippen molar-refractivity contribution in [3.63, 3.8) is 0 Å². The van der Waals surface area contributed by atoms with Crippen LogP contribution in [0.5, 0.6) is 0 Å². The molecule has 2 heterocycles. The van der Waals surface area contributed by atoms with Crippen LogP contribution in [0.4, 0.5) is 0 Å². The number of amides is 1. The monoisotopic (exact) mass is 272 g/mol. The zero-order valence-corrected chi connectivity index (χ0v) is 11.7. The van der Waals surface area contributed by atoms with E-state index < -0.39 is 0 Å². The summed E-state index contributed by atoms with van der Waals surface area (Å²) in [5.41, 5.74) is 0.704. The molecule has 6 heteroatoms. The summed E-state index contributed by atoms with van der Waals surface area (Å²) >= 11 is 0. The molecule has 1 aliphatic rings. The number of rotatable bonds is 4. The molecule has 0 aromatic carbocycles. The Morgan fingerprint density at radius 3 is 3.00 bits per heavy atom. The molecule has 1 aliphatic heterocycles. The largest absolute Gasteiger partial charge is 0.334 e. The quantitative estimate of drug-likeness (QED) is 0.895. The van der Waals surface area contributed by atoms with Crippen molar-refractivity contribution in [2.45, 2.75) is 32.4 Å². The minimum atomic E-state index is 0. The summed E-state index contributed by atoms with van der Waals surface area (Å²) in [6, 6.07) is 0.331. The Bertz CT molecular complexity index is 393. The predicted molar refractivity (Wildman–Crippen MR) is 73.1 cm³/mol. The molecule has 1 fully saturated rings. The van der Waals surface area contributed by atoms with Gasteiger partial charge in [0.05, 0.1) is 11.8 Å². The highest BCUT2D eigenvalue weighted by atomic mass is 35.5. The van der Waals surface area contributed by atoms with Gasteiger partial charge in [0.15, 0.2) is 0 Å². The molecule has 1 saturated heterocycles. The van der Waals surface area contributed by atoms with E-state index in [9.17, 15) is 4.79 Å². The highest BCUT2D eigenvalue weighted by Gasteiger charge is 2.29. The summed E-state index contributed by atoms with van der Waals surface area (Å²) in [6.45, 7) is 4.55. The lowest BCUT2D eigenvalue weighted by Crippen LogP contribution is -2.40. The standard InChI is InChI=1S/C12H20N4O.ClH/c1-3-15-9-10(7-14-15)12(17)16-6-4-5-11(16)8-13-2;/h7,9,11,13H,3-6,8H2,1-2H3;1H. The third-order valence-electron chi connectivity index (χ3n) is 3.28. The molecule has 0 aliphatic carbocycles. The van der Waals surface area contributed by atoms with E-state index in [0.29, 0.717) is 11.6 Å². The fourth-order valence-corrected chi connectivity index (χ4v) is 2.36. The van der Waals surface area contributed by atoms with Gasteiger partial charge < -0.3 is 10.2 Å². The molecular weight excluding hydrogens is 252 g/mol. The van der Waals surface area contributed by atoms with E-state index >= 15 is 0 Å². The van der Waals surface area contributed by atoms with Gasteiger partial charge in [-0.05, 0) is 26.8 Å². The van der Waals surface area contributed by atoms with Gasteiger partial charge in [0.1, 0.15) is 0 Å². The number of halogens is 1. The Morgan fingerprint density at radius 1 is 1.61 bits per heavy atom. The van der Waals surface area contributed by atoms with Gasteiger partial charge in [-0.1, -0.05) is 0 Å². The zero-order valence-electron chi connectivity index (χ0n) is 10.9. The van der Waals surface area contributed by atoms with Gasteiger partial charge >= 0.3 is 0 Å². The molecule has 1 aromatic heterocycles. The first-order valence-corrected chi connectivity index (χ1v) is 6.24. The van der Waals surface area contributed by atoms with Crippen LogP contribution < -0.4 is 5.32 Å². The van der Waals surface area contributed by atoms with E-state index in [1.165, 1.54) is 0 Å². The van der Waals surface area contributed by atoms with Crippen LogP contribution in [0.1, 0.15) is 30.1 Å².